The van der Waals surface area contributed by atoms with Crippen LogP contribution in [0.5, 0.6) is 0 Å². The van der Waals surface area contributed by atoms with Crippen LogP contribution in [0.2, 0.25) is 0 Å². The second kappa shape index (κ2) is 7.31. The molecular weight excluding hydrogens is 252 g/mol. The summed E-state index contributed by atoms with van der Waals surface area (Å²) < 4.78 is 5.74. The third-order valence-electron chi connectivity index (χ3n) is 3.82. The van der Waals surface area contributed by atoms with E-state index < -0.39 is 0 Å². The number of piperazine rings is 1. The van der Waals surface area contributed by atoms with Gasteiger partial charge in [-0.1, -0.05) is 0 Å². The van der Waals surface area contributed by atoms with Gasteiger partial charge in [-0.15, -0.1) is 12.4 Å². The molecule has 106 valence electrons. The number of rotatable bonds is 3. The van der Waals surface area contributed by atoms with E-state index in [0.29, 0.717) is 30.6 Å². The number of halogens is 1. The maximum absolute atomic E-state index is 12.1. The highest BCUT2D eigenvalue weighted by Crippen LogP contribution is 2.23. The zero-order valence-corrected chi connectivity index (χ0v) is 12.2. The van der Waals surface area contributed by atoms with Crippen LogP contribution in [0.25, 0.3) is 0 Å². The predicted octanol–water partition coefficient (Wildman–Crippen LogP) is 1.58. The van der Waals surface area contributed by atoms with Crippen molar-refractivity contribution in [3.8, 4) is 0 Å². The molecule has 2 rings (SSSR count). The van der Waals surface area contributed by atoms with Crippen molar-refractivity contribution in [2.45, 2.75) is 57.8 Å². The van der Waals surface area contributed by atoms with Crippen LogP contribution in [0, 0.1) is 0 Å². The Labute approximate surface area is 116 Å². The number of hydrogen-bond acceptors (Lipinski definition) is 3. The second-order valence-electron chi connectivity index (χ2n) is 5.33. The largest absolute Gasteiger partial charge is 0.375 e. The van der Waals surface area contributed by atoms with Gasteiger partial charge in [0.05, 0.1) is 12.2 Å². The number of hydrogen-bond donors (Lipinski definition) is 1. The van der Waals surface area contributed by atoms with Gasteiger partial charge in [-0.25, -0.2) is 0 Å². The summed E-state index contributed by atoms with van der Waals surface area (Å²) >= 11 is 0. The number of ether oxygens (including phenoxy) is 1. The molecule has 0 aromatic carbocycles. The van der Waals surface area contributed by atoms with Crippen molar-refractivity contribution in [2.24, 2.45) is 0 Å². The zero-order valence-electron chi connectivity index (χ0n) is 11.4. The average molecular weight is 277 g/mol. The van der Waals surface area contributed by atoms with E-state index in [1.165, 1.54) is 0 Å². The molecule has 0 aromatic heterocycles. The normalized spacial score (nSPS) is 32.1. The molecule has 4 nitrogen and oxygen atoms in total. The zero-order chi connectivity index (χ0) is 12.3. The summed E-state index contributed by atoms with van der Waals surface area (Å²) in [6.07, 6.45) is 4.48. The van der Waals surface area contributed by atoms with Gasteiger partial charge in [-0.05, 0) is 33.1 Å². The standard InChI is InChI=1S/C13H24N2O2.ClH/c1-10-9-14-7-8-15(10)13(16)6-5-12-4-3-11(2)17-12;/h10-12,14H,3-9H2,1-2H3;1H/t10-,11?,12?;/m0./s1. The molecule has 2 aliphatic rings. The van der Waals surface area contributed by atoms with Gasteiger partial charge in [0.1, 0.15) is 0 Å². The molecule has 2 heterocycles. The summed E-state index contributed by atoms with van der Waals surface area (Å²) in [4.78, 5) is 14.1. The summed E-state index contributed by atoms with van der Waals surface area (Å²) in [6.45, 7) is 6.91. The highest BCUT2D eigenvalue weighted by Gasteiger charge is 2.26. The van der Waals surface area contributed by atoms with E-state index in [4.69, 9.17) is 4.74 Å². The fourth-order valence-electron chi connectivity index (χ4n) is 2.74. The number of nitrogens with one attached hydrogen (secondary N) is 1. The Bertz CT molecular complexity index is 276. The van der Waals surface area contributed by atoms with E-state index in [0.717, 1.165) is 38.9 Å². The van der Waals surface area contributed by atoms with E-state index in [2.05, 4.69) is 19.2 Å². The lowest BCUT2D eigenvalue weighted by Crippen LogP contribution is -2.52. The first-order valence-electron chi connectivity index (χ1n) is 6.82. The van der Waals surface area contributed by atoms with Gasteiger partial charge in [0.25, 0.3) is 0 Å². The van der Waals surface area contributed by atoms with Crippen molar-refractivity contribution in [1.29, 1.82) is 0 Å². The van der Waals surface area contributed by atoms with E-state index in [-0.39, 0.29) is 12.4 Å². The minimum absolute atomic E-state index is 0. The molecule has 0 aromatic rings. The Balaban J connectivity index is 0.00000162. The minimum Gasteiger partial charge on any atom is -0.375 e. The van der Waals surface area contributed by atoms with E-state index in [1.54, 1.807) is 0 Å². The third kappa shape index (κ3) is 4.11. The lowest BCUT2D eigenvalue weighted by atomic mass is 10.1. The average Bonchev–Trinajstić information content (AvgIpc) is 2.73. The molecule has 1 N–H and O–H groups in total. The minimum atomic E-state index is 0. The van der Waals surface area contributed by atoms with Gasteiger partial charge in [0.2, 0.25) is 5.91 Å². The molecule has 1 amide bonds. The van der Waals surface area contributed by atoms with Crippen LogP contribution in [0.1, 0.15) is 39.5 Å². The Kier molecular flexibility index (Phi) is 6.39. The van der Waals surface area contributed by atoms with Crippen LogP contribution in [-0.4, -0.2) is 48.7 Å². The van der Waals surface area contributed by atoms with Crippen LogP contribution < -0.4 is 5.32 Å². The smallest absolute Gasteiger partial charge is 0.222 e. The van der Waals surface area contributed by atoms with Gasteiger partial charge < -0.3 is 15.0 Å². The quantitative estimate of drug-likeness (QED) is 0.851. The predicted molar refractivity (Wildman–Crippen MR) is 74.1 cm³/mol. The number of carbonyl (C=O) groups is 1. The molecule has 0 radical (unpaired) electrons. The highest BCUT2D eigenvalue weighted by atomic mass is 35.5. The lowest BCUT2D eigenvalue weighted by Gasteiger charge is -2.34. The van der Waals surface area contributed by atoms with Crippen molar-refractivity contribution < 1.29 is 9.53 Å². The van der Waals surface area contributed by atoms with Gasteiger partial charge in [-0.2, -0.15) is 0 Å². The van der Waals surface area contributed by atoms with Crippen LogP contribution >= 0.6 is 12.4 Å². The SMILES string of the molecule is CC1CCC(CCC(=O)N2CCNC[C@@H]2C)O1.Cl. The molecule has 2 aliphatic heterocycles. The van der Waals surface area contributed by atoms with Crippen molar-refractivity contribution in [1.82, 2.24) is 10.2 Å². The molecule has 0 saturated carbocycles. The Morgan fingerprint density at radius 3 is 2.78 bits per heavy atom. The lowest BCUT2D eigenvalue weighted by molar-refractivity contribution is -0.134. The van der Waals surface area contributed by atoms with Gasteiger partial charge >= 0.3 is 0 Å². The van der Waals surface area contributed by atoms with Crippen LogP contribution in [0.3, 0.4) is 0 Å². The Hall–Kier alpha value is -0.320. The molecule has 0 bridgehead atoms. The first-order chi connectivity index (χ1) is 8.16. The van der Waals surface area contributed by atoms with Crippen molar-refractivity contribution >= 4 is 18.3 Å². The number of amides is 1. The van der Waals surface area contributed by atoms with E-state index in [1.807, 2.05) is 4.90 Å². The molecule has 2 saturated heterocycles. The van der Waals surface area contributed by atoms with Crippen LogP contribution in [0.4, 0.5) is 0 Å². The maximum Gasteiger partial charge on any atom is 0.222 e. The molecule has 5 heteroatoms. The first-order valence-corrected chi connectivity index (χ1v) is 6.82. The molecule has 3 atom stereocenters. The number of carbonyl (C=O) groups excluding carboxylic acids is 1. The fraction of sp³-hybridized carbons (Fsp3) is 0.923. The molecular formula is C13H25ClN2O2. The molecule has 18 heavy (non-hydrogen) atoms. The highest BCUT2D eigenvalue weighted by molar-refractivity contribution is 5.85. The maximum atomic E-state index is 12.1. The van der Waals surface area contributed by atoms with Crippen molar-refractivity contribution in [3.05, 3.63) is 0 Å². The Morgan fingerprint density at radius 2 is 2.17 bits per heavy atom. The summed E-state index contributed by atoms with van der Waals surface area (Å²) in [5.74, 6) is 0.294. The van der Waals surface area contributed by atoms with E-state index in [9.17, 15) is 4.79 Å². The first kappa shape index (κ1) is 15.7. The second-order valence-corrected chi connectivity index (χ2v) is 5.33. The van der Waals surface area contributed by atoms with Gasteiger partial charge in [-0.3, -0.25) is 4.79 Å². The summed E-state index contributed by atoms with van der Waals surface area (Å²) in [6, 6.07) is 0.333. The molecule has 2 fully saturated rings. The van der Waals surface area contributed by atoms with Gasteiger partial charge in [0, 0.05) is 32.1 Å². The summed E-state index contributed by atoms with van der Waals surface area (Å²) in [7, 11) is 0. The summed E-state index contributed by atoms with van der Waals surface area (Å²) in [5, 5.41) is 3.30. The van der Waals surface area contributed by atoms with Crippen LogP contribution in [0.15, 0.2) is 0 Å². The fourth-order valence-corrected chi connectivity index (χ4v) is 2.74. The van der Waals surface area contributed by atoms with Crippen molar-refractivity contribution in [3.63, 3.8) is 0 Å². The van der Waals surface area contributed by atoms with E-state index >= 15 is 0 Å². The van der Waals surface area contributed by atoms with Crippen LogP contribution in [-0.2, 0) is 9.53 Å². The summed E-state index contributed by atoms with van der Waals surface area (Å²) in [5.41, 5.74) is 0. The Morgan fingerprint density at radius 1 is 1.39 bits per heavy atom. The van der Waals surface area contributed by atoms with Gasteiger partial charge in [0.15, 0.2) is 0 Å². The molecule has 0 aliphatic carbocycles. The topological polar surface area (TPSA) is 41.6 Å². The van der Waals surface area contributed by atoms with Crippen molar-refractivity contribution in [2.75, 3.05) is 19.6 Å². The molecule has 2 unspecified atom stereocenters. The number of nitrogens with zero attached hydrogens (tertiary/aromatic N) is 1. The third-order valence-corrected chi connectivity index (χ3v) is 3.82. The monoisotopic (exact) mass is 276 g/mol. The molecule has 0 spiro atoms.